The molecule has 0 radical (unpaired) electrons. The van der Waals surface area contributed by atoms with Crippen molar-refractivity contribution in [3.05, 3.63) is 54.1 Å². The number of anilines is 1. The molecule has 3 rings (SSSR count). The minimum absolute atomic E-state index is 0.0193. The lowest BCUT2D eigenvalue weighted by atomic mass is 10.2. The molecule has 0 spiro atoms. The van der Waals surface area contributed by atoms with Crippen molar-refractivity contribution in [2.45, 2.75) is 17.9 Å². The number of hydrogen-bond acceptors (Lipinski definition) is 5. The lowest BCUT2D eigenvalue weighted by molar-refractivity contribution is 0.143. The van der Waals surface area contributed by atoms with Crippen molar-refractivity contribution in [1.29, 1.82) is 0 Å². The van der Waals surface area contributed by atoms with Gasteiger partial charge in [0.25, 0.3) is 0 Å². The fourth-order valence-corrected chi connectivity index (χ4v) is 4.04. The zero-order valence-electron chi connectivity index (χ0n) is 14.5. The molecule has 2 aromatic rings. The number of sulfonamides is 1. The molecule has 1 amide bonds. The fourth-order valence-electron chi connectivity index (χ4n) is 2.72. The number of amides is 1. The molecule has 1 aliphatic heterocycles. The number of carbonyl (C=O) groups excluding carboxylic acids is 1. The second-order valence-electron chi connectivity index (χ2n) is 5.96. The third-order valence-electron chi connectivity index (χ3n) is 4.05. The van der Waals surface area contributed by atoms with Gasteiger partial charge in [0.1, 0.15) is 16.7 Å². The van der Waals surface area contributed by atoms with Gasteiger partial charge in [0.15, 0.2) is 0 Å². The van der Waals surface area contributed by atoms with E-state index in [1.165, 1.54) is 18.1 Å². The van der Waals surface area contributed by atoms with Gasteiger partial charge in [-0.25, -0.2) is 17.9 Å². The maximum atomic E-state index is 12.6. The van der Waals surface area contributed by atoms with Crippen LogP contribution in [0.15, 0.2) is 53.4 Å². The summed E-state index contributed by atoms with van der Waals surface area (Å²) in [6.45, 7) is 2.06. The Morgan fingerprint density at radius 3 is 2.65 bits per heavy atom. The van der Waals surface area contributed by atoms with E-state index in [2.05, 4.69) is 4.72 Å². The van der Waals surface area contributed by atoms with Crippen molar-refractivity contribution >= 4 is 21.8 Å². The number of ether oxygens (including phenoxy) is 2. The van der Waals surface area contributed by atoms with Crippen LogP contribution in [0.1, 0.15) is 5.56 Å². The number of cyclic esters (lactones) is 1. The largest absolute Gasteiger partial charge is 0.495 e. The normalized spacial score (nSPS) is 17.2. The predicted octanol–water partition coefficient (Wildman–Crippen LogP) is 2.31. The van der Waals surface area contributed by atoms with E-state index in [0.29, 0.717) is 5.69 Å². The third kappa shape index (κ3) is 3.81. The molecule has 0 aliphatic carbocycles. The number of para-hydroxylation sites is 1. The van der Waals surface area contributed by atoms with E-state index in [9.17, 15) is 13.2 Å². The van der Waals surface area contributed by atoms with Crippen molar-refractivity contribution in [1.82, 2.24) is 4.72 Å². The standard InChI is InChI=1S/C18H20N2O5S/c1-13-8-9-16(24-2)17(10-13)26(22,23)19-11-15-12-20(18(21)25-15)14-6-4-3-5-7-14/h3-10,15,19H,11-12H2,1-2H3. The van der Waals surface area contributed by atoms with Gasteiger partial charge >= 0.3 is 6.09 Å². The second-order valence-corrected chi connectivity index (χ2v) is 7.69. The zero-order valence-corrected chi connectivity index (χ0v) is 15.3. The molecule has 1 unspecified atom stereocenters. The second kappa shape index (κ2) is 7.35. The van der Waals surface area contributed by atoms with Crippen molar-refractivity contribution in [3.8, 4) is 5.75 Å². The first-order valence-corrected chi connectivity index (χ1v) is 9.56. The van der Waals surface area contributed by atoms with Crippen LogP contribution in [0.2, 0.25) is 0 Å². The van der Waals surface area contributed by atoms with E-state index in [0.717, 1.165) is 5.56 Å². The molecule has 1 aliphatic rings. The maximum absolute atomic E-state index is 12.6. The molecule has 1 atom stereocenters. The van der Waals surface area contributed by atoms with Crippen molar-refractivity contribution < 1.29 is 22.7 Å². The SMILES string of the molecule is COc1ccc(C)cc1S(=O)(=O)NCC1CN(c2ccccc2)C(=O)O1. The summed E-state index contributed by atoms with van der Waals surface area (Å²) in [5.74, 6) is 0.262. The van der Waals surface area contributed by atoms with Gasteiger partial charge in [-0.05, 0) is 36.8 Å². The van der Waals surface area contributed by atoms with Crippen LogP contribution in [0.5, 0.6) is 5.75 Å². The van der Waals surface area contributed by atoms with E-state index < -0.39 is 22.2 Å². The van der Waals surface area contributed by atoms with Crippen LogP contribution in [-0.2, 0) is 14.8 Å². The van der Waals surface area contributed by atoms with Crippen LogP contribution in [0, 0.1) is 6.92 Å². The number of carbonyl (C=O) groups is 1. The molecule has 1 heterocycles. The molecule has 26 heavy (non-hydrogen) atoms. The Bertz CT molecular complexity index is 899. The minimum Gasteiger partial charge on any atom is -0.495 e. The van der Waals surface area contributed by atoms with Crippen LogP contribution in [0.25, 0.3) is 0 Å². The quantitative estimate of drug-likeness (QED) is 0.836. The Hall–Kier alpha value is -2.58. The number of nitrogens with one attached hydrogen (secondary N) is 1. The summed E-state index contributed by atoms with van der Waals surface area (Å²) in [5.41, 5.74) is 1.51. The highest BCUT2D eigenvalue weighted by Crippen LogP contribution is 2.25. The molecule has 1 fully saturated rings. The highest BCUT2D eigenvalue weighted by molar-refractivity contribution is 7.89. The first-order chi connectivity index (χ1) is 12.4. The maximum Gasteiger partial charge on any atom is 0.414 e. The van der Waals surface area contributed by atoms with Gasteiger partial charge in [0.2, 0.25) is 10.0 Å². The molecular weight excluding hydrogens is 356 g/mol. The lowest BCUT2D eigenvalue weighted by Crippen LogP contribution is -2.34. The fraction of sp³-hybridized carbons (Fsp3) is 0.278. The average Bonchev–Trinajstić information content (AvgIpc) is 3.01. The topological polar surface area (TPSA) is 84.9 Å². The predicted molar refractivity (Wildman–Crippen MR) is 97.0 cm³/mol. The zero-order chi connectivity index (χ0) is 18.7. The van der Waals surface area contributed by atoms with Crippen LogP contribution >= 0.6 is 0 Å². The van der Waals surface area contributed by atoms with Gasteiger partial charge in [-0.3, -0.25) is 4.90 Å². The van der Waals surface area contributed by atoms with Gasteiger partial charge in [0, 0.05) is 12.2 Å². The molecular formula is C18H20N2O5S. The van der Waals surface area contributed by atoms with E-state index in [1.54, 1.807) is 31.2 Å². The summed E-state index contributed by atoms with van der Waals surface area (Å²) in [4.78, 5) is 13.6. The number of aryl methyl sites for hydroxylation is 1. The Morgan fingerprint density at radius 1 is 1.23 bits per heavy atom. The number of benzene rings is 2. The van der Waals surface area contributed by atoms with Gasteiger partial charge in [-0.1, -0.05) is 24.3 Å². The smallest absolute Gasteiger partial charge is 0.414 e. The Balaban J connectivity index is 1.69. The number of hydrogen-bond donors (Lipinski definition) is 1. The van der Waals surface area contributed by atoms with E-state index in [4.69, 9.17) is 9.47 Å². The molecule has 1 saturated heterocycles. The molecule has 0 bridgehead atoms. The Morgan fingerprint density at radius 2 is 1.96 bits per heavy atom. The highest BCUT2D eigenvalue weighted by Gasteiger charge is 2.33. The number of nitrogens with zero attached hydrogens (tertiary/aromatic N) is 1. The first-order valence-electron chi connectivity index (χ1n) is 8.08. The number of methoxy groups -OCH3 is 1. The van der Waals surface area contributed by atoms with Crippen molar-refractivity contribution in [2.24, 2.45) is 0 Å². The summed E-state index contributed by atoms with van der Waals surface area (Å²) >= 11 is 0. The van der Waals surface area contributed by atoms with Crippen LogP contribution in [0.3, 0.4) is 0 Å². The lowest BCUT2D eigenvalue weighted by Gasteiger charge is -2.14. The van der Waals surface area contributed by atoms with Gasteiger partial charge < -0.3 is 9.47 Å². The monoisotopic (exact) mass is 376 g/mol. The third-order valence-corrected chi connectivity index (χ3v) is 5.50. The summed E-state index contributed by atoms with van der Waals surface area (Å²) in [5, 5.41) is 0. The van der Waals surface area contributed by atoms with Crippen LogP contribution in [0.4, 0.5) is 10.5 Å². The van der Waals surface area contributed by atoms with Gasteiger partial charge in [-0.2, -0.15) is 0 Å². The molecule has 138 valence electrons. The Kier molecular flexibility index (Phi) is 5.15. The van der Waals surface area contributed by atoms with Crippen molar-refractivity contribution in [2.75, 3.05) is 25.1 Å². The molecule has 1 N–H and O–H groups in total. The van der Waals surface area contributed by atoms with Crippen molar-refractivity contribution in [3.63, 3.8) is 0 Å². The molecule has 0 aromatic heterocycles. The molecule has 7 nitrogen and oxygen atoms in total. The number of rotatable bonds is 6. The Labute approximate surface area is 152 Å². The van der Waals surface area contributed by atoms with E-state index in [-0.39, 0.29) is 23.7 Å². The van der Waals surface area contributed by atoms with E-state index in [1.807, 2.05) is 18.2 Å². The summed E-state index contributed by atoms with van der Waals surface area (Å²) in [7, 11) is -2.38. The van der Waals surface area contributed by atoms with Crippen LogP contribution in [-0.4, -0.2) is 40.8 Å². The van der Waals surface area contributed by atoms with Gasteiger partial charge in [-0.15, -0.1) is 0 Å². The average molecular weight is 376 g/mol. The highest BCUT2D eigenvalue weighted by atomic mass is 32.2. The molecule has 8 heteroatoms. The minimum atomic E-state index is -3.80. The summed E-state index contributed by atoms with van der Waals surface area (Å²) in [6, 6.07) is 14.0. The first kappa shape index (κ1) is 18.2. The summed E-state index contributed by atoms with van der Waals surface area (Å²) < 4.78 is 38.1. The molecule has 2 aromatic carbocycles. The van der Waals surface area contributed by atoms with E-state index >= 15 is 0 Å². The van der Waals surface area contributed by atoms with Gasteiger partial charge in [0.05, 0.1) is 13.7 Å². The van der Waals surface area contributed by atoms with Crippen LogP contribution < -0.4 is 14.4 Å². The molecule has 0 saturated carbocycles. The summed E-state index contributed by atoms with van der Waals surface area (Å²) in [6.07, 6.45) is -1.07.